The van der Waals surface area contributed by atoms with Crippen LogP contribution < -0.4 is 0 Å². The van der Waals surface area contributed by atoms with E-state index < -0.39 is 20.0 Å². The number of hydrogen-bond donors (Lipinski definition) is 0. The molecule has 0 fully saturated rings. The molecule has 0 saturated carbocycles. The molecule has 0 spiro atoms. The average molecular weight is 397 g/mol. The maximum atomic E-state index is 14.6. The third kappa shape index (κ3) is 4.83. The topological polar surface area (TPSA) is 36.3 Å². The molecule has 0 aliphatic heterocycles. The molecule has 27 heavy (non-hydrogen) atoms. The van der Waals surface area contributed by atoms with Gasteiger partial charge in [-0.3, -0.25) is 4.68 Å². The molecule has 0 aliphatic carbocycles. The van der Waals surface area contributed by atoms with E-state index in [-0.39, 0.29) is 22.8 Å². The van der Waals surface area contributed by atoms with Crippen molar-refractivity contribution in [1.82, 2.24) is 9.78 Å². The van der Waals surface area contributed by atoms with E-state index in [0.29, 0.717) is 24.4 Å². The van der Waals surface area contributed by atoms with Crippen LogP contribution in [-0.4, -0.2) is 31.8 Å². The molecule has 0 aliphatic rings. The summed E-state index contributed by atoms with van der Waals surface area (Å²) in [6.45, 7) is 13.6. The first-order valence-electron chi connectivity index (χ1n) is 9.12. The van der Waals surface area contributed by atoms with Gasteiger partial charge in [0.15, 0.2) is 20.0 Å². The van der Waals surface area contributed by atoms with Crippen molar-refractivity contribution in [3.63, 3.8) is 0 Å². The molecule has 2 aromatic rings. The lowest BCUT2D eigenvalue weighted by molar-refractivity contribution is 0.183. The Morgan fingerprint density at radius 1 is 1.11 bits per heavy atom. The van der Waals surface area contributed by atoms with Crippen molar-refractivity contribution in [3.8, 4) is 11.1 Å². The molecule has 0 bridgehead atoms. The minimum Gasteiger partial charge on any atom is -0.411 e. The van der Waals surface area contributed by atoms with Crippen LogP contribution in [0.15, 0.2) is 18.3 Å². The van der Waals surface area contributed by atoms with Crippen LogP contribution in [0.3, 0.4) is 0 Å². The van der Waals surface area contributed by atoms with E-state index >= 15 is 0 Å². The molecule has 0 amide bonds. The summed E-state index contributed by atoms with van der Waals surface area (Å²) in [5.41, 5.74) is 1.65. The van der Waals surface area contributed by atoms with Crippen LogP contribution in [0.2, 0.25) is 18.1 Å². The van der Waals surface area contributed by atoms with E-state index in [1.54, 1.807) is 37.0 Å². The van der Waals surface area contributed by atoms with Gasteiger partial charge in [-0.25, -0.2) is 8.78 Å². The SMILES string of the molecule is COCCn1cc(-c2ccc(C)c(F)c2F)c(CO[Si](C)(C)C(C)(C)C)n1. The van der Waals surface area contributed by atoms with Gasteiger partial charge in [0.05, 0.1) is 25.5 Å². The zero-order valence-corrected chi connectivity index (χ0v) is 18.3. The second kappa shape index (κ2) is 8.20. The fourth-order valence-corrected chi connectivity index (χ4v) is 3.34. The van der Waals surface area contributed by atoms with Crippen LogP contribution in [0, 0.1) is 18.6 Å². The van der Waals surface area contributed by atoms with Gasteiger partial charge in [0.25, 0.3) is 0 Å². The van der Waals surface area contributed by atoms with Crippen molar-refractivity contribution < 1.29 is 17.9 Å². The molecule has 1 aromatic carbocycles. The summed E-state index contributed by atoms with van der Waals surface area (Å²) in [7, 11) is -0.391. The maximum absolute atomic E-state index is 14.6. The van der Waals surface area contributed by atoms with Gasteiger partial charge in [0, 0.05) is 24.4 Å². The van der Waals surface area contributed by atoms with Gasteiger partial charge in [0.2, 0.25) is 0 Å². The molecule has 0 N–H and O–H groups in total. The lowest BCUT2D eigenvalue weighted by Gasteiger charge is -2.36. The first kappa shape index (κ1) is 21.7. The van der Waals surface area contributed by atoms with Gasteiger partial charge in [-0.1, -0.05) is 32.9 Å². The number of aromatic nitrogens is 2. The first-order chi connectivity index (χ1) is 12.5. The van der Waals surface area contributed by atoms with Gasteiger partial charge >= 0.3 is 0 Å². The second-order valence-electron chi connectivity index (χ2n) is 8.35. The Kier molecular flexibility index (Phi) is 6.60. The second-order valence-corrected chi connectivity index (χ2v) is 13.2. The highest BCUT2D eigenvalue weighted by molar-refractivity contribution is 6.74. The van der Waals surface area contributed by atoms with Crippen molar-refractivity contribution in [2.24, 2.45) is 0 Å². The number of ether oxygens (including phenoxy) is 1. The molecule has 1 heterocycles. The number of methoxy groups -OCH3 is 1. The zero-order valence-electron chi connectivity index (χ0n) is 17.3. The Balaban J connectivity index is 2.42. The van der Waals surface area contributed by atoms with Crippen molar-refractivity contribution in [1.29, 1.82) is 0 Å². The highest BCUT2D eigenvalue weighted by Crippen LogP contribution is 2.38. The summed E-state index contributed by atoms with van der Waals surface area (Å²) < 4.78 is 41.7. The highest BCUT2D eigenvalue weighted by Gasteiger charge is 2.37. The molecule has 0 saturated heterocycles. The van der Waals surface area contributed by atoms with E-state index in [9.17, 15) is 8.78 Å². The van der Waals surface area contributed by atoms with Crippen LogP contribution in [0.5, 0.6) is 0 Å². The van der Waals surface area contributed by atoms with Crippen molar-refractivity contribution in [2.75, 3.05) is 13.7 Å². The summed E-state index contributed by atoms with van der Waals surface area (Å²) in [6, 6.07) is 3.18. The van der Waals surface area contributed by atoms with Gasteiger partial charge in [-0.05, 0) is 30.6 Å². The summed E-state index contributed by atoms with van der Waals surface area (Å²) in [5, 5.41) is 4.60. The molecule has 0 unspecified atom stereocenters. The first-order valence-corrected chi connectivity index (χ1v) is 12.0. The van der Waals surface area contributed by atoms with E-state index in [1.165, 1.54) is 0 Å². The minimum atomic E-state index is -2.00. The van der Waals surface area contributed by atoms with Crippen LogP contribution >= 0.6 is 0 Å². The summed E-state index contributed by atoms with van der Waals surface area (Å²) >= 11 is 0. The summed E-state index contributed by atoms with van der Waals surface area (Å²) in [4.78, 5) is 0. The average Bonchev–Trinajstić information content (AvgIpc) is 2.98. The number of halogens is 2. The van der Waals surface area contributed by atoms with Crippen molar-refractivity contribution >= 4 is 8.32 Å². The van der Waals surface area contributed by atoms with E-state index in [0.717, 1.165) is 0 Å². The number of rotatable bonds is 7. The predicted octanol–water partition coefficient (Wildman–Crippen LogP) is 5.30. The highest BCUT2D eigenvalue weighted by atomic mass is 28.4. The standard InChI is InChI=1S/C20H30F2N2O2Si/c1-14-8-9-15(19(22)18(14)21)16-12-24(10-11-25-5)23-17(16)13-26-27(6,7)20(2,3)4/h8-9,12H,10-11,13H2,1-7H3. The van der Waals surface area contributed by atoms with Gasteiger partial charge in [-0.15, -0.1) is 0 Å². The van der Waals surface area contributed by atoms with Crippen molar-refractivity contribution in [2.45, 2.75) is 59.0 Å². The molecule has 1 aromatic heterocycles. The monoisotopic (exact) mass is 396 g/mol. The third-order valence-electron chi connectivity index (χ3n) is 5.30. The molecule has 4 nitrogen and oxygen atoms in total. The molecule has 150 valence electrons. The molecule has 0 radical (unpaired) electrons. The molecule has 0 atom stereocenters. The normalized spacial score (nSPS) is 12.6. The maximum Gasteiger partial charge on any atom is 0.192 e. The van der Waals surface area contributed by atoms with Crippen LogP contribution in [0.25, 0.3) is 11.1 Å². The van der Waals surface area contributed by atoms with Crippen LogP contribution in [0.4, 0.5) is 8.78 Å². The van der Waals surface area contributed by atoms with Gasteiger partial charge < -0.3 is 9.16 Å². The number of aryl methyl sites for hydroxylation is 1. The number of nitrogens with zero attached hydrogens (tertiary/aromatic N) is 2. The Labute approximate surface area is 161 Å². The van der Waals surface area contributed by atoms with Gasteiger partial charge in [0.1, 0.15) is 0 Å². The Morgan fingerprint density at radius 2 is 1.78 bits per heavy atom. The van der Waals surface area contributed by atoms with E-state index in [4.69, 9.17) is 9.16 Å². The summed E-state index contributed by atoms with van der Waals surface area (Å²) in [5.74, 6) is -1.68. The fraction of sp³-hybridized carbons (Fsp3) is 0.550. The predicted molar refractivity (Wildman–Crippen MR) is 106 cm³/mol. The molecule has 7 heteroatoms. The largest absolute Gasteiger partial charge is 0.411 e. The smallest absolute Gasteiger partial charge is 0.192 e. The zero-order chi connectivity index (χ0) is 20.4. The fourth-order valence-electron chi connectivity index (χ4n) is 2.41. The van der Waals surface area contributed by atoms with Gasteiger partial charge in [-0.2, -0.15) is 5.10 Å². The Hall–Kier alpha value is -1.57. The number of benzene rings is 1. The van der Waals surface area contributed by atoms with E-state index in [2.05, 4.69) is 39.0 Å². The Morgan fingerprint density at radius 3 is 2.37 bits per heavy atom. The molecule has 2 rings (SSSR count). The Bertz CT molecular complexity index is 798. The van der Waals surface area contributed by atoms with Crippen LogP contribution in [0.1, 0.15) is 32.0 Å². The molecular formula is C20H30F2N2O2Si. The lowest BCUT2D eigenvalue weighted by Crippen LogP contribution is -2.40. The third-order valence-corrected chi connectivity index (χ3v) is 9.78. The number of hydrogen-bond acceptors (Lipinski definition) is 3. The summed E-state index contributed by atoms with van der Waals surface area (Å²) in [6.07, 6.45) is 1.73. The van der Waals surface area contributed by atoms with Crippen LogP contribution in [-0.2, 0) is 22.3 Å². The lowest BCUT2D eigenvalue weighted by atomic mass is 10.0. The van der Waals surface area contributed by atoms with Crippen molar-refractivity contribution in [3.05, 3.63) is 41.2 Å². The minimum absolute atomic E-state index is 0.0486. The molecular weight excluding hydrogens is 366 g/mol. The quantitative estimate of drug-likeness (QED) is 0.596. The van der Waals surface area contributed by atoms with E-state index in [1.807, 2.05) is 0 Å².